The third-order valence-electron chi connectivity index (χ3n) is 3.38. The Morgan fingerprint density at radius 2 is 1.95 bits per heavy atom. The Bertz CT molecular complexity index is 614. The van der Waals surface area contributed by atoms with E-state index in [1.807, 2.05) is 11.8 Å². The predicted octanol–water partition coefficient (Wildman–Crippen LogP) is 2.77. The molecule has 2 N–H and O–H groups in total. The highest BCUT2D eigenvalue weighted by atomic mass is 32.2. The summed E-state index contributed by atoms with van der Waals surface area (Å²) in [5.74, 6) is -1.13. The number of nitrogens with zero attached hydrogens (tertiary/aromatic N) is 1. The SMILES string of the molecule is CCCCN(CC)c1ccc(NS(=O)(=O)CC)cc1C(=O)O. The van der Waals surface area contributed by atoms with Crippen molar-refractivity contribution in [3.8, 4) is 0 Å². The molecule has 0 fully saturated rings. The van der Waals surface area contributed by atoms with E-state index in [1.165, 1.54) is 13.0 Å². The summed E-state index contributed by atoms with van der Waals surface area (Å²) in [6.07, 6.45) is 1.99. The van der Waals surface area contributed by atoms with Crippen LogP contribution < -0.4 is 9.62 Å². The van der Waals surface area contributed by atoms with E-state index < -0.39 is 16.0 Å². The maximum Gasteiger partial charge on any atom is 0.337 e. The highest BCUT2D eigenvalue weighted by Crippen LogP contribution is 2.25. The van der Waals surface area contributed by atoms with Crippen molar-refractivity contribution in [3.63, 3.8) is 0 Å². The van der Waals surface area contributed by atoms with Crippen molar-refractivity contribution in [2.45, 2.75) is 33.6 Å². The van der Waals surface area contributed by atoms with Crippen LogP contribution in [0.2, 0.25) is 0 Å². The van der Waals surface area contributed by atoms with Gasteiger partial charge in [0.15, 0.2) is 0 Å². The van der Waals surface area contributed by atoms with Crippen LogP contribution in [0, 0.1) is 0 Å². The third kappa shape index (κ3) is 4.91. The summed E-state index contributed by atoms with van der Waals surface area (Å²) >= 11 is 0. The number of hydrogen-bond acceptors (Lipinski definition) is 4. The topological polar surface area (TPSA) is 86.7 Å². The Balaban J connectivity index is 3.17. The van der Waals surface area contributed by atoms with E-state index in [0.717, 1.165) is 19.4 Å². The Kier molecular flexibility index (Phi) is 6.67. The third-order valence-corrected chi connectivity index (χ3v) is 4.69. The fraction of sp³-hybridized carbons (Fsp3) is 0.533. The van der Waals surface area contributed by atoms with Gasteiger partial charge in [-0.25, -0.2) is 13.2 Å². The molecule has 1 rings (SSSR count). The van der Waals surface area contributed by atoms with Gasteiger partial charge in [0.05, 0.1) is 17.0 Å². The first-order valence-corrected chi connectivity index (χ1v) is 9.12. The molecule has 6 nitrogen and oxygen atoms in total. The van der Waals surface area contributed by atoms with E-state index in [0.29, 0.717) is 12.2 Å². The van der Waals surface area contributed by atoms with Crippen molar-refractivity contribution in [2.24, 2.45) is 0 Å². The maximum absolute atomic E-state index is 11.6. The molecule has 0 saturated carbocycles. The van der Waals surface area contributed by atoms with E-state index in [2.05, 4.69) is 11.6 Å². The molecule has 0 unspecified atom stereocenters. The summed E-state index contributed by atoms with van der Waals surface area (Å²) in [5, 5.41) is 9.41. The molecule has 0 amide bonds. The zero-order chi connectivity index (χ0) is 16.8. The lowest BCUT2D eigenvalue weighted by Crippen LogP contribution is -2.26. The molecule has 0 atom stereocenters. The number of benzene rings is 1. The molecule has 0 spiro atoms. The summed E-state index contributed by atoms with van der Waals surface area (Å²) in [5.41, 5.74) is 0.992. The molecule has 0 bridgehead atoms. The number of hydrogen-bond donors (Lipinski definition) is 2. The second-order valence-corrected chi connectivity index (χ2v) is 6.99. The molecule has 22 heavy (non-hydrogen) atoms. The first-order valence-electron chi connectivity index (χ1n) is 7.47. The van der Waals surface area contributed by atoms with Crippen LogP contribution >= 0.6 is 0 Å². The van der Waals surface area contributed by atoms with Crippen LogP contribution in [0.4, 0.5) is 11.4 Å². The van der Waals surface area contributed by atoms with Gasteiger partial charge < -0.3 is 10.0 Å². The van der Waals surface area contributed by atoms with Crippen molar-refractivity contribution in [1.29, 1.82) is 0 Å². The number of carboxylic acids is 1. The minimum Gasteiger partial charge on any atom is -0.478 e. The van der Waals surface area contributed by atoms with E-state index in [9.17, 15) is 18.3 Å². The molecular weight excluding hydrogens is 304 g/mol. The highest BCUT2D eigenvalue weighted by molar-refractivity contribution is 7.92. The number of sulfonamides is 1. The molecule has 0 aliphatic rings. The summed E-state index contributed by atoms with van der Waals surface area (Å²) < 4.78 is 25.6. The number of carboxylic acid groups (broad SMARTS) is 1. The molecule has 0 aromatic heterocycles. The highest BCUT2D eigenvalue weighted by Gasteiger charge is 2.17. The lowest BCUT2D eigenvalue weighted by molar-refractivity contribution is 0.0697. The molecule has 124 valence electrons. The zero-order valence-electron chi connectivity index (χ0n) is 13.3. The Morgan fingerprint density at radius 1 is 1.27 bits per heavy atom. The summed E-state index contributed by atoms with van der Waals surface area (Å²) in [6, 6.07) is 4.64. The van der Waals surface area contributed by atoms with Crippen LogP contribution in [0.1, 0.15) is 44.0 Å². The van der Waals surface area contributed by atoms with Gasteiger partial charge in [0, 0.05) is 18.8 Å². The quantitative estimate of drug-likeness (QED) is 0.728. The largest absolute Gasteiger partial charge is 0.478 e. The first-order chi connectivity index (χ1) is 10.3. The molecule has 0 aliphatic carbocycles. The van der Waals surface area contributed by atoms with Gasteiger partial charge in [0.1, 0.15) is 0 Å². The number of aromatic carboxylic acids is 1. The Hall–Kier alpha value is -1.76. The van der Waals surface area contributed by atoms with Crippen LogP contribution in [0.25, 0.3) is 0 Å². The average molecular weight is 328 g/mol. The van der Waals surface area contributed by atoms with Gasteiger partial charge in [-0.2, -0.15) is 0 Å². The van der Waals surface area contributed by atoms with Crippen molar-refractivity contribution in [3.05, 3.63) is 23.8 Å². The van der Waals surface area contributed by atoms with Gasteiger partial charge in [-0.3, -0.25) is 4.72 Å². The maximum atomic E-state index is 11.6. The average Bonchev–Trinajstić information content (AvgIpc) is 2.48. The second kappa shape index (κ2) is 8.03. The fourth-order valence-corrected chi connectivity index (χ4v) is 2.73. The Morgan fingerprint density at radius 3 is 2.45 bits per heavy atom. The standard InChI is InChI=1S/C15H24N2O4S/c1-4-7-10-17(5-2)14-9-8-12(11-13(14)15(18)19)16-22(20,21)6-3/h8-9,11,16H,4-7,10H2,1-3H3,(H,18,19). The van der Waals surface area contributed by atoms with E-state index in [4.69, 9.17) is 0 Å². The first kappa shape index (κ1) is 18.3. The van der Waals surface area contributed by atoms with Gasteiger partial charge in [0.2, 0.25) is 10.0 Å². The van der Waals surface area contributed by atoms with E-state index in [1.54, 1.807) is 12.1 Å². The monoisotopic (exact) mass is 328 g/mol. The number of anilines is 2. The van der Waals surface area contributed by atoms with E-state index >= 15 is 0 Å². The van der Waals surface area contributed by atoms with E-state index in [-0.39, 0.29) is 17.0 Å². The summed E-state index contributed by atoms with van der Waals surface area (Å²) in [7, 11) is -3.42. The lowest BCUT2D eigenvalue weighted by atomic mass is 10.1. The summed E-state index contributed by atoms with van der Waals surface area (Å²) in [4.78, 5) is 13.5. The van der Waals surface area contributed by atoms with Crippen LogP contribution in [-0.4, -0.2) is 38.3 Å². The van der Waals surface area contributed by atoms with Crippen molar-refractivity contribution in [2.75, 3.05) is 28.5 Å². The minimum atomic E-state index is -3.42. The van der Waals surface area contributed by atoms with Crippen LogP contribution in [-0.2, 0) is 10.0 Å². The van der Waals surface area contributed by atoms with Crippen molar-refractivity contribution in [1.82, 2.24) is 0 Å². The molecule has 0 aliphatic heterocycles. The zero-order valence-corrected chi connectivity index (χ0v) is 14.1. The van der Waals surface area contributed by atoms with Gasteiger partial charge in [-0.1, -0.05) is 13.3 Å². The molecule has 1 aromatic rings. The van der Waals surface area contributed by atoms with Crippen LogP contribution in [0.15, 0.2) is 18.2 Å². The minimum absolute atomic E-state index is 0.0608. The fourth-order valence-electron chi connectivity index (χ4n) is 2.10. The summed E-state index contributed by atoms with van der Waals surface area (Å²) in [6.45, 7) is 7.04. The molecule has 0 saturated heterocycles. The molecule has 0 radical (unpaired) electrons. The molecule has 0 heterocycles. The molecule has 1 aromatic carbocycles. The molecular formula is C15H24N2O4S. The molecule has 7 heteroatoms. The van der Waals surface area contributed by atoms with Crippen LogP contribution in [0.5, 0.6) is 0 Å². The normalized spacial score (nSPS) is 11.2. The number of rotatable bonds is 9. The number of carbonyl (C=O) groups is 1. The smallest absolute Gasteiger partial charge is 0.337 e. The van der Waals surface area contributed by atoms with Gasteiger partial charge in [0.25, 0.3) is 0 Å². The van der Waals surface area contributed by atoms with Gasteiger partial charge >= 0.3 is 5.97 Å². The lowest BCUT2D eigenvalue weighted by Gasteiger charge is -2.25. The van der Waals surface area contributed by atoms with Crippen molar-refractivity contribution < 1.29 is 18.3 Å². The van der Waals surface area contributed by atoms with Gasteiger partial charge in [-0.05, 0) is 38.5 Å². The number of unbranched alkanes of at least 4 members (excludes halogenated alkanes) is 1. The van der Waals surface area contributed by atoms with Crippen molar-refractivity contribution >= 4 is 27.4 Å². The Labute approximate surface area is 132 Å². The van der Waals surface area contributed by atoms with Gasteiger partial charge in [-0.15, -0.1) is 0 Å². The predicted molar refractivity (Wildman–Crippen MR) is 89.3 cm³/mol. The second-order valence-electron chi connectivity index (χ2n) is 4.98. The number of nitrogens with one attached hydrogen (secondary N) is 1. The van der Waals surface area contributed by atoms with Crippen LogP contribution in [0.3, 0.4) is 0 Å².